The largest absolute Gasteiger partial charge is 0.352 e. The molecule has 1 N–H and O–H groups in total. The molecular weight excluding hydrogens is 462 g/mol. The van der Waals surface area contributed by atoms with Crippen LogP contribution in [0.4, 0.5) is 5.69 Å². The van der Waals surface area contributed by atoms with E-state index in [0.29, 0.717) is 5.02 Å². The summed E-state index contributed by atoms with van der Waals surface area (Å²) in [6.45, 7) is 7.16. The standard InChI is InChI=1S/C24H32ClN3O4S/c1-6-18(3)26-24(30)19(4)27(15-20-10-7-9-17(2)13-20)23(29)16-28(33(5,31)32)22-12-8-11-21(25)14-22/h7-14,18-19H,6,15-16H2,1-5H3,(H,26,30). The van der Waals surface area contributed by atoms with Crippen molar-refractivity contribution in [2.75, 3.05) is 17.1 Å². The molecule has 9 heteroatoms. The van der Waals surface area contributed by atoms with Crippen molar-refractivity contribution in [3.63, 3.8) is 0 Å². The number of hydrogen-bond donors (Lipinski definition) is 1. The molecule has 2 rings (SSSR count). The van der Waals surface area contributed by atoms with Gasteiger partial charge in [0, 0.05) is 17.6 Å². The van der Waals surface area contributed by atoms with E-state index in [-0.39, 0.29) is 24.2 Å². The highest BCUT2D eigenvalue weighted by molar-refractivity contribution is 7.92. The smallest absolute Gasteiger partial charge is 0.244 e. The first-order valence-electron chi connectivity index (χ1n) is 10.8. The van der Waals surface area contributed by atoms with Crippen molar-refractivity contribution in [3.05, 3.63) is 64.7 Å². The number of benzene rings is 2. The van der Waals surface area contributed by atoms with Gasteiger partial charge in [-0.15, -0.1) is 0 Å². The Morgan fingerprint density at radius 1 is 1.09 bits per heavy atom. The Hall–Kier alpha value is -2.58. The minimum Gasteiger partial charge on any atom is -0.352 e. The number of carbonyl (C=O) groups excluding carboxylic acids is 2. The van der Waals surface area contributed by atoms with Crippen LogP contribution in [0.1, 0.15) is 38.3 Å². The van der Waals surface area contributed by atoms with E-state index in [9.17, 15) is 18.0 Å². The van der Waals surface area contributed by atoms with Gasteiger partial charge in [-0.1, -0.05) is 54.4 Å². The fourth-order valence-electron chi connectivity index (χ4n) is 3.30. The van der Waals surface area contributed by atoms with E-state index in [2.05, 4.69) is 5.32 Å². The van der Waals surface area contributed by atoms with Crippen molar-refractivity contribution < 1.29 is 18.0 Å². The average Bonchev–Trinajstić information content (AvgIpc) is 2.74. The number of nitrogens with zero attached hydrogens (tertiary/aromatic N) is 2. The molecule has 0 radical (unpaired) electrons. The molecule has 0 spiro atoms. The van der Waals surface area contributed by atoms with Gasteiger partial charge in [-0.3, -0.25) is 13.9 Å². The summed E-state index contributed by atoms with van der Waals surface area (Å²) < 4.78 is 26.1. The second-order valence-corrected chi connectivity index (χ2v) is 10.6. The third-order valence-corrected chi connectivity index (χ3v) is 6.75. The van der Waals surface area contributed by atoms with Crippen molar-refractivity contribution in [1.29, 1.82) is 0 Å². The van der Waals surface area contributed by atoms with Crippen LogP contribution in [0.15, 0.2) is 48.5 Å². The first-order valence-corrected chi connectivity index (χ1v) is 13.0. The summed E-state index contributed by atoms with van der Waals surface area (Å²) in [4.78, 5) is 27.7. The lowest BCUT2D eigenvalue weighted by Gasteiger charge is -2.32. The molecule has 0 aliphatic rings. The number of rotatable bonds is 10. The van der Waals surface area contributed by atoms with E-state index in [1.807, 2.05) is 45.0 Å². The number of sulfonamides is 1. The second-order valence-electron chi connectivity index (χ2n) is 8.25. The molecule has 0 aliphatic carbocycles. The quantitative estimate of drug-likeness (QED) is 0.546. The zero-order valence-corrected chi connectivity index (χ0v) is 21.3. The van der Waals surface area contributed by atoms with Crippen LogP contribution in [-0.4, -0.2) is 50.0 Å². The Balaban J connectivity index is 2.38. The van der Waals surface area contributed by atoms with Crippen LogP contribution >= 0.6 is 11.6 Å². The molecule has 0 aromatic heterocycles. The Labute approximate surface area is 201 Å². The number of aryl methyl sites for hydroxylation is 1. The maximum absolute atomic E-state index is 13.5. The first kappa shape index (κ1) is 26.7. The van der Waals surface area contributed by atoms with Gasteiger partial charge in [0.25, 0.3) is 0 Å². The number of halogens is 1. The summed E-state index contributed by atoms with van der Waals surface area (Å²) in [6.07, 6.45) is 1.78. The molecule has 33 heavy (non-hydrogen) atoms. The van der Waals surface area contributed by atoms with Gasteiger partial charge in [0.15, 0.2) is 0 Å². The highest BCUT2D eigenvalue weighted by atomic mass is 35.5. The molecule has 0 saturated heterocycles. The lowest BCUT2D eigenvalue weighted by Crippen LogP contribution is -2.52. The van der Waals surface area contributed by atoms with Crippen LogP contribution < -0.4 is 9.62 Å². The van der Waals surface area contributed by atoms with Crippen LogP contribution in [0, 0.1) is 6.92 Å². The molecule has 2 aromatic carbocycles. The number of carbonyl (C=O) groups is 2. The van der Waals surface area contributed by atoms with Gasteiger partial charge in [0.05, 0.1) is 11.9 Å². The molecule has 7 nitrogen and oxygen atoms in total. The van der Waals surface area contributed by atoms with Crippen LogP contribution in [0.3, 0.4) is 0 Å². The fourth-order valence-corrected chi connectivity index (χ4v) is 4.33. The topological polar surface area (TPSA) is 86.8 Å². The molecule has 0 fully saturated rings. The van der Waals surface area contributed by atoms with E-state index in [1.54, 1.807) is 25.1 Å². The summed E-state index contributed by atoms with van der Waals surface area (Å²) in [6, 6.07) is 13.1. The number of amides is 2. The number of anilines is 1. The van der Waals surface area contributed by atoms with Crippen molar-refractivity contribution in [3.8, 4) is 0 Å². The predicted molar refractivity (Wildman–Crippen MR) is 133 cm³/mol. The third-order valence-electron chi connectivity index (χ3n) is 5.38. The highest BCUT2D eigenvalue weighted by Gasteiger charge is 2.30. The Morgan fingerprint density at radius 3 is 2.33 bits per heavy atom. The maximum atomic E-state index is 13.5. The van der Waals surface area contributed by atoms with Crippen molar-refractivity contribution in [2.24, 2.45) is 0 Å². The minimum absolute atomic E-state index is 0.0464. The molecule has 180 valence electrons. The SMILES string of the molecule is CCC(C)NC(=O)C(C)N(Cc1cccc(C)c1)C(=O)CN(c1cccc(Cl)c1)S(C)(=O)=O. The van der Waals surface area contributed by atoms with Gasteiger partial charge in [0.1, 0.15) is 12.6 Å². The van der Waals surface area contributed by atoms with Gasteiger partial charge in [-0.25, -0.2) is 8.42 Å². The van der Waals surface area contributed by atoms with Gasteiger partial charge >= 0.3 is 0 Å². The summed E-state index contributed by atoms with van der Waals surface area (Å²) in [5.41, 5.74) is 2.15. The summed E-state index contributed by atoms with van der Waals surface area (Å²) in [5, 5.41) is 3.26. The van der Waals surface area contributed by atoms with Crippen LogP contribution in [0.5, 0.6) is 0 Å². The van der Waals surface area contributed by atoms with Gasteiger partial charge in [-0.2, -0.15) is 0 Å². The first-order chi connectivity index (χ1) is 15.4. The Morgan fingerprint density at radius 2 is 1.76 bits per heavy atom. The molecule has 0 aliphatic heterocycles. The van der Waals surface area contributed by atoms with Crippen molar-refractivity contribution in [1.82, 2.24) is 10.2 Å². The highest BCUT2D eigenvalue weighted by Crippen LogP contribution is 2.22. The monoisotopic (exact) mass is 493 g/mol. The Kier molecular flexibility index (Phi) is 9.31. The zero-order valence-electron chi connectivity index (χ0n) is 19.7. The van der Waals surface area contributed by atoms with Crippen LogP contribution in [0.25, 0.3) is 0 Å². The molecule has 2 atom stereocenters. The molecule has 2 amide bonds. The molecule has 0 heterocycles. The fraction of sp³-hybridized carbons (Fsp3) is 0.417. The maximum Gasteiger partial charge on any atom is 0.244 e. The normalized spacial score (nSPS) is 13.2. The van der Waals surface area contributed by atoms with Gasteiger partial charge in [-0.05, 0) is 51.0 Å². The second kappa shape index (κ2) is 11.5. The number of nitrogens with one attached hydrogen (secondary N) is 1. The van der Waals surface area contributed by atoms with Crippen LogP contribution in [-0.2, 0) is 26.2 Å². The van der Waals surface area contributed by atoms with Crippen molar-refractivity contribution in [2.45, 2.75) is 52.7 Å². The number of hydrogen-bond acceptors (Lipinski definition) is 4. The Bertz CT molecular complexity index is 1090. The van der Waals surface area contributed by atoms with E-state index >= 15 is 0 Å². The summed E-state index contributed by atoms with van der Waals surface area (Å²) in [5.74, 6) is -0.785. The molecule has 2 aromatic rings. The van der Waals surface area contributed by atoms with Gasteiger partial charge in [0.2, 0.25) is 21.8 Å². The van der Waals surface area contributed by atoms with Gasteiger partial charge < -0.3 is 10.2 Å². The summed E-state index contributed by atoms with van der Waals surface area (Å²) in [7, 11) is -3.79. The van der Waals surface area contributed by atoms with E-state index < -0.39 is 28.5 Å². The van der Waals surface area contributed by atoms with Crippen LogP contribution in [0.2, 0.25) is 5.02 Å². The molecular formula is C24H32ClN3O4S. The minimum atomic E-state index is -3.79. The predicted octanol–water partition coefficient (Wildman–Crippen LogP) is 3.75. The third kappa shape index (κ3) is 7.75. The van der Waals surface area contributed by atoms with Crippen molar-refractivity contribution >= 4 is 39.1 Å². The molecule has 0 saturated carbocycles. The lowest BCUT2D eigenvalue weighted by atomic mass is 10.1. The van der Waals surface area contributed by atoms with E-state index in [4.69, 9.17) is 11.6 Å². The zero-order chi connectivity index (χ0) is 24.8. The summed E-state index contributed by atoms with van der Waals surface area (Å²) >= 11 is 6.04. The lowest BCUT2D eigenvalue weighted by molar-refractivity contribution is -0.139. The van der Waals surface area contributed by atoms with E-state index in [0.717, 1.165) is 28.1 Å². The average molecular weight is 494 g/mol. The van der Waals surface area contributed by atoms with E-state index in [1.165, 1.54) is 11.0 Å². The molecule has 2 unspecified atom stereocenters. The molecule has 0 bridgehead atoms.